The maximum absolute atomic E-state index is 14.2. The van der Waals surface area contributed by atoms with Gasteiger partial charge in [-0.15, -0.1) is 0 Å². The van der Waals surface area contributed by atoms with E-state index >= 15 is 0 Å². The van der Waals surface area contributed by atoms with Gasteiger partial charge in [-0.25, -0.2) is 4.39 Å². The van der Waals surface area contributed by atoms with Crippen LogP contribution in [-0.4, -0.2) is 17.8 Å². The van der Waals surface area contributed by atoms with Gasteiger partial charge in [0, 0.05) is 5.41 Å². The molecule has 2 nitrogen and oxygen atoms in total. The molecule has 0 amide bonds. The Labute approximate surface area is 211 Å². The SMILES string of the molecule is CCC(CC)(c1ccc(OCC(O)C(C)(C)C)c(C)c1)c1ccc(-c2ccc(C)c(F)c2)c(C)c1. The third-order valence-electron chi connectivity index (χ3n) is 7.59. The molecular weight excluding hydrogens is 435 g/mol. The Bertz CT molecular complexity index is 1170. The minimum Gasteiger partial charge on any atom is -0.491 e. The molecule has 0 heterocycles. The first-order chi connectivity index (χ1) is 16.4. The van der Waals surface area contributed by atoms with E-state index in [9.17, 15) is 9.50 Å². The minimum absolute atomic E-state index is 0.129. The molecule has 0 aliphatic rings. The van der Waals surface area contributed by atoms with Crippen LogP contribution in [0.4, 0.5) is 4.39 Å². The lowest BCUT2D eigenvalue weighted by Gasteiger charge is -2.34. The number of aryl methyl sites for hydroxylation is 3. The second kappa shape index (κ2) is 10.5. The lowest BCUT2D eigenvalue weighted by molar-refractivity contribution is 0.0216. The number of aliphatic hydroxyl groups excluding tert-OH is 1. The van der Waals surface area contributed by atoms with Gasteiger partial charge in [-0.3, -0.25) is 0 Å². The van der Waals surface area contributed by atoms with Crippen LogP contribution in [-0.2, 0) is 5.41 Å². The Morgan fingerprint density at radius 2 is 1.40 bits per heavy atom. The van der Waals surface area contributed by atoms with Crippen LogP contribution in [0.1, 0.15) is 75.3 Å². The van der Waals surface area contributed by atoms with Crippen molar-refractivity contribution in [2.75, 3.05) is 6.61 Å². The number of hydrogen-bond donors (Lipinski definition) is 1. The van der Waals surface area contributed by atoms with E-state index in [1.807, 2.05) is 39.0 Å². The number of rotatable bonds is 8. The molecule has 0 radical (unpaired) electrons. The average Bonchev–Trinajstić information content (AvgIpc) is 2.81. The normalized spacial score (nSPS) is 13.1. The Morgan fingerprint density at radius 3 is 1.91 bits per heavy atom. The van der Waals surface area contributed by atoms with Crippen LogP contribution >= 0.6 is 0 Å². The molecule has 0 aliphatic heterocycles. The minimum atomic E-state index is -0.532. The third kappa shape index (κ3) is 5.62. The first kappa shape index (κ1) is 26.9. The summed E-state index contributed by atoms with van der Waals surface area (Å²) in [6.45, 7) is 16.7. The molecule has 0 saturated heterocycles. The largest absolute Gasteiger partial charge is 0.491 e. The van der Waals surface area contributed by atoms with Crippen molar-refractivity contribution in [3.8, 4) is 16.9 Å². The molecule has 0 spiro atoms. The van der Waals surface area contributed by atoms with Crippen molar-refractivity contribution in [3.63, 3.8) is 0 Å². The van der Waals surface area contributed by atoms with Gasteiger partial charge in [-0.1, -0.05) is 77.1 Å². The van der Waals surface area contributed by atoms with Gasteiger partial charge in [0.1, 0.15) is 18.2 Å². The van der Waals surface area contributed by atoms with E-state index in [4.69, 9.17) is 4.74 Å². The molecule has 3 aromatic carbocycles. The number of halogens is 1. The molecule has 1 N–H and O–H groups in total. The zero-order valence-corrected chi connectivity index (χ0v) is 22.6. The Balaban J connectivity index is 1.95. The Hall–Kier alpha value is -2.65. The fourth-order valence-electron chi connectivity index (χ4n) is 4.81. The fraction of sp³-hybridized carbons (Fsp3) is 0.438. The van der Waals surface area contributed by atoms with Crippen LogP contribution in [0.3, 0.4) is 0 Å². The maximum atomic E-state index is 14.2. The van der Waals surface area contributed by atoms with Gasteiger partial charge in [-0.2, -0.15) is 0 Å². The van der Waals surface area contributed by atoms with Gasteiger partial charge in [0.15, 0.2) is 0 Å². The fourth-order valence-corrected chi connectivity index (χ4v) is 4.81. The van der Waals surface area contributed by atoms with Crippen molar-refractivity contribution in [3.05, 3.63) is 88.2 Å². The maximum Gasteiger partial charge on any atom is 0.126 e. The van der Waals surface area contributed by atoms with Crippen LogP contribution in [0.15, 0.2) is 54.6 Å². The van der Waals surface area contributed by atoms with Gasteiger partial charge in [0.25, 0.3) is 0 Å². The predicted molar refractivity (Wildman–Crippen MR) is 145 cm³/mol. The second-order valence-corrected chi connectivity index (χ2v) is 11.0. The van der Waals surface area contributed by atoms with E-state index in [1.54, 1.807) is 13.0 Å². The van der Waals surface area contributed by atoms with Crippen molar-refractivity contribution in [2.24, 2.45) is 5.41 Å². The molecule has 0 saturated carbocycles. The highest BCUT2D eigenvalue weighted by Gasteiger charge is 2.32. The molecule has 0 aromatic heterocycles. The molecule has 0 aliphatic carbocycles. The number of benzene rings is 3. The smallest absolute Gasteiger partial charge is 0.126 e. The van der Waals surface area contributed by atoms with E-state index in [1.165, 1.54) is 11.1 Å². The van der Waals surface area contributed by atoms with Gasteiger partial charge in [0.05, 0.1) is 6.10 Å². The van der Waals surface area contributed by atoms with E-state index in [-0.39, 0.29) is 23.3 Å². The van der Waals surface area contributed by atoms with Crippen LogP contribution < -0.4 is 4.74 Å². The Morgan fingerprint density at radius 1 is 0.800 bits per heavy atom. The van der Waals surface area contributed by atoms with E-state index < -0.39 is 6.10 Å². The standard InChI is InChI=1S/C32H41FO2/c1-9-32(10-2,26-14-16-29(23(5)18-26)35-20-30(34)31(6,7)8)25-13-15-27(22(4)17-25)24-12-11-21(3)28(33)19-24/h11-19,30,34H,9-10,20H2,1-8H3. The molecule has 0 bridgehead atoms. The first-order valence-electron chi connectivity index (χ1n) is 12.7. The molecular formula is C32H41FO2. The number of ether oxygens (including phenoxy) is 1. The topological polar surface area (TPSA) is 29.5 Å². The lowest BCUT2D eigenvalue weighted by atomic mass is 9.69. The summed E-state index contributed by atoms with van der Waals surface area (Å²) in [6.07, 6.45) is 1.39. The first-order valence-corrected chi connectivity index (χ1v) is 12.7. The number of aliphatic hydroxyl groups is 1. The summed E-state index contributed by atoms with van der Waals surface area (Å²) in [6, 6.07) is 18.5. The van der Waals surface area contributed by atoms with Crippen molar-refractivity contribution >= 4 is 0 Å². The average molecular weight is 477 g/mol. The van der Waals surface area contributed by atoms with E-state index in [0.29, 0.717) is 5.56 Å². The highest BCUT2D eigenvalue weighted by molar-refractivity contribution is 5.68. The zero-order chi connectivity index (χ0) is 26.0. The summed E-state index contributed by atoms with van der Waals surface area (Å²) in [7, 11) is 0. The molecule has 3 heteroatoms. The highest BCUT2D eigenvalue weighted by Crippen LogP contribution is 2.42. The summed E-state index contributed by atoms with van der Waals surface area (Å²) < 4.78 is 20.2. The van der Waals surface area contributed by atoms with Gasteiger partial charge in [-0.05, 0) is 90.1 Å². The van der Waals surface area contributed by atoms with Crippen molar-refractivity contribution < 1.29 is 14.2 Å². The monoisotopic (exact) mass is 476 g/mol. The van der Waals surface area contributed by atoms with Crippen molar-refractivity contribution in [1.82, 2.24) is 0 Å². The molecule has 3 aromatic rings. The van der Waals surface area contributed by atoms with Crippen molar-refractivity contribution in [2.45, 2.75) is 79.8 Å². The van der Waals surface area contributed by atoms with E-state index in [0.717, 1.165) is 40.8 Å². The summed E-state index contributed by atoms with van der Waals surface area (Å²) >= 11 is 0. The second-order valence-electron chi connectivity index (χ2n) is 11.0. The zero-order valence-electron chi connectivity index (χ0n) is 22.6. The predicted octanol–water partition coefficient (Wildman–Crippen LogP) is 8.31. The summed E-state index contributed by atoms with van der Waals surface area (Å²) in [5.41, 5.74) is 7.03. The van der Waals surface area contributed by atoms with Gasteiger partial charge >= 0.3 is 0 Å². The molecule has 35 heavy (non-hydrogen) atoms. The van der Waals surface area contributed by atoms with Gasteiger partial charge in [0.2, 0.25) is 0 Å². The quantitative estimate of drug-likeness (QED) is 0.354. The lowest BCUT2D eigenvalue weighted by Crippen LogP contribution is -2.32. The molecule has 1 atom stereocenters. The van der Waals surface area contributed by atoms with Crippen LogP contribution in [0.5, 0.6) is 5.75 Å². The highest BCUT2D eigenvalue weighted by atomic mass is 19.1. The van der Waals surface area contributed by atoms with Crippen LogP contribution in [0, 0.1) is 32.0 Å². The van der Waals surface area contributed by atoms with Crippen LogP contribution in [0.2, 0.25) is 0 Å². The Kier molecular flexibility index (Phi) is 8.11. The molecule has 188 valence electrons. The molecule has 1 unspecified atom stereocenters. The van der Waals surface area contributed by atoms with E-state index in [2.05, 4.69) is 58.0 Å². The van der Waals surface area contributed by atoms with Crippen LogP contribution in [0.25, 0.3) is 11.1 Å². The molecule has 3 rings (SSSR count). The van der Waals surface area contributed by atoms with Gasteiger partial charge < -0.3 is 9.84 Å². The summed E-state index contributed by atoms with van der Waals surface area (Å²) in [4.78, 5) is 0. The third-order valence-corrected chi connectivity index (χ3v) is 7.59. The summed E-state index contributed by atoms with van der Waals surface area (Å²) in [5, 5.41) is 10.4. The summed E-state index contributed by atoms with van der Waals surface area (Å²) in [5.74, 6) is 0.640. The molecule has 0 fully saturated rings. The van der Waals surface area contributed by atoms with Crippen molar-refractivity contribution in [1.29, 1.82) is 0 Å². The number of hydrogen-bond acceptors (Lipinski definition) is 2.